The van der Waals surface area contributed by atoms with E-state index in [-0.39, 0.29) is 11.9 Å². The Balaban J connectivity index is 1.33. The van der Waals surface area contributed by atoms with Gasteiger partial charge in [0.15, 0.2) is 0 Å². The van der Waals surface area contributed by atoms with Crippen LogP contribution in [0.3, 0.4) is 0 Å². The average Bonchev–Trinajstić information content (AvgIpc) is 3.11. The van der Waals surface area contributed by atoms with E-state index in [1.165, 1.54) is 19.3 Å². The van der Waals surface area contributed by atoms with E-state index < -0.39 is 0 Å². The number of nitrogens with zero attached hydrogens (tertiary/aromatic N) is 4. The molecule has 0 radical (unpaired) electrons. The molecule has 1 saturated heterocycles. The highest BCUT2D eigenvalue weighted by molar-refractivity contribution is 6.01. The van der Waals surface area contributed by atoms with Crippen LogP contribution in [0, 0.1) is 0 Å². The van der Waals surface area contributed by atoms with Crippen LogP contribution in [0.5, 0.6) is 0 Å². The fraction of sp³-hybridized carbons (Fsp3) is 0.462. The molecule has 1 aliphatic heterocycles. The lowest BCUT2D eigenvalue weighted by atomic mass is 9.84. The fourth-order valence-electron chi connectivity index (χ4n) is 5.04. The summed E-state index contributed by atoms with van der Waals surface area (Å²) in [5.41, 5.74) is 5.92. The molecular weight excluding hydrogens is 414 g/mol. The van der Waals surface area contributed by atoms with Crippen molar-refractivity contribution in [3.05, 3.63) is 65.0 Å². The minimum atomic E-state index is -0.0715. The number of hydrogen-bond donors (Lipinski definition) is 1. The summed E-state index contributed by atoms with van der Waals surface area (Å²) in [5.74, 6) is 1.48. The topological polar surface area (TPSA) is 81.4 Å². The maximum atomic E-state index is 13.0. The number of allylic oxidation sites excluding steroid dienone is 1. The van der Waals surface area contributed by atoms with Crippen LogP contribution in [-0.2, 0) is 11.2 Å². The Bertz CT molecular complexity index is 1220. The fourth-order valence-corrected chi connectivity index (χ4v) is 5.04. The highest BCUT2D eigenvalue weighted by Crippen LogP contribution is 2.36. The van der Waals surface area contributed by atoms with E-state index in [2.05, 4.69) is 28.6 Å². The van der Waals surface area contributed by atoms with Crippen molar-refractivity contribution in [1.29, 1.82) is 0 Å². The predicted octanol–water partition coefficient (Wildman–Crippen LogP) is 4.07. The number of hydrogen-bond acceptors (Lipinski definition) is 5. The largest absolute Gasteiger partial charge is 0.381 e. The van der Waals surface area contributed by atoms with Crippen LogP contribution in [0.25, 0.3) is 11.1 Å². The van der Waals surface area contributed by atoms with Crippen molar-refractivity contribution in [3.8, 4) is 0 Å². The van der Waals surface area contributed by atoms with Crippen molar-refractivity contribution >= 4 is 17.0 Å². The van der Waals surface area contributed by atoms with Crippen molar-refractivity contribution in [2.75, 3.05) is 13.2 Å². The number of aryl methyl sites for hydroxylation is 1. The normalized spacial score (nSPS) is 19.5. The first-order chi connectivity index (χ1) is 16.3. The maximum absolute atomic E-state index is 13.0. The van der Waals surface area contributed by atoms with Gasteiger partial charge in [0.25, 0.3) is 5.91 Å². The number of nitrogens with one attached hydrogen (secondary N) is 1. The minimum absolute atomic E-state index is 0.0715. The molecule has 33 heavy (non-hydrogen) atoms. The molecule has 0 spiro atoms. The molecule has 1 amide bonds. The van der Waals surface area contributed by atoms with E-state index in [9.17, 15) is 4.79 Å². The van der Waals surface area contributed by atoms with Crippen LogP contribution < -0.4 is 5.32 Å². The van der Waals surface area contributed by atoms with Gasteiger partial charge in [-0.05, 0) is 68.2 Å². The van der Waals surface area contributed by atoms with Gasteiger partial charge in [-0.15, -0.1) is 0 Å². The highest BCUT2D eigenvalue weighted by Gasteiger charge is 2.25. The first-order valence-corrected chi connectivity index (χ1v) is 12.2. The Hall–Kier alpha value is -3.06. The van der Waals surface area contributed by atoms with Crippen molar-refractivity contribution in [2.24, 2.45) is 0 Å². The maximum Gasteiger partial charge on any atom is 0.255 e. The summed E-state index contributed by atoms with van der Waals surface area (Å²) in [6.07, 6.45) is 16.4. The monoisotopic (exact) mass is 443 g/mol. The van der Waals surface area contributed by atoms with Crippen molar-refractivity contribution in [3.63, 3.8) is 0 Å². The summed E-state index contributed by atoms with van der Waals surface area (Å²) in [4.78, 5) is 22.8. The van der Waals surface area contributed by atoms with Crippen molar-refractivity contribution < 1.29 is 9.53 Å². The Labute approximate surface area is 193 Å². The molecule has 170 valence electrons. The molecule has 0 bridgehead atoms. The first kappa shape index (κ1) is 20.5. The Kier molecular flexibility index (Phi) is 5.42. The summed E-state index contributed by atoms with van der Waals surface area (Å²) in [6.45, 7) is 1.39. The molecule has 7 nitrogen and oxygen atoms in total. The van der Waals surface area contributed by atoms with Gasteiger partial charge < -0.3 is 10.1 Å². The van der Waals surface area contributed by atoms with Crippen LogP contribution >= 0.6 is 0 Å². The quantitative estimate of drug-likeness (QED) is 0.657. The second-order valence-corrected chi connectivity index (χ2v) is 9.39. The number of amides is 1. The number of carbonyl (C=O) groups is 1. The van der Waals surface area contributed by atoms with Gasteiger partial charge in [-0.25, -0.2) is 14.5 Å². The van der Waals surface area contributed by atoms with E-state index in [1.54, 1.807) is 10.7 Å². The summed E-state index contributed by atoms with van der Waals surface area (Å²) in [6, 6.07) is 4.30. The Morgan fingerprint density at radius 2 is 2.00 bits per heavy atom. The van der Waals surface area contributed by atoms with Gasteiger partial charge >= 0.3 is 0 Å². The summed E-state index contributed by atoms with van der Waals surface area (Å²) >= 11 is 0. The predicted molar refractivity (Wildman–Crippen MR) is 125 cm³/mol. The minimum Gasteiger partial charge on any atom is -0.381 e. The molecule has 3 aliphatic rings. The van der Waals surface area contributed by atoms with Gasteiger partial charge in [0.2, 0.25) is 0 Å². The standard InChI is InChI=1S/C26H29N5O2/c32-26(29-19-9-12-33-13-10-19)22-16-28-31-11-8-18(14-24(22)31)20-6-1-2-7-23-21(20)15-27-25(30-23)17-4-3-5-17/h6,8,11,14-17,19H,1-5,7,9-10,12-13H2,(H,29,32). The zero-order valence-corrected chi connectivity index (χ0v) is 18.8. The molecule has 4 heterocycles. The molecule has 0 aromatic carbocycles. The highest BCUT2D eigenvalue weighted by atomic mass is 16.5. The first-order valence-electron chi connectivity index (χ1n) is 12.2. The molecule has 2 fully saturated rings. The lowest BCUT2D eigenvalue weighted by Crippen LogP contribution is -2.38. The van der Waals surface area contributed by atoms with Gasteiger partial charge in [0.1, 0.15) is 5.82 Å². The molecule has 7 heteroatoms. The second kappa shape index (κ2) is 8.71. The van der Waals surface area contributed by atoms with Crippen molar-refractivity contribution in [1.82, 2.24) is 24.9 Å². The molecular formula is C26H29N5O2. The third kappa shape index (κ3) is 3.95. The number of ether oxygens (including phenoxy) is 1. The summed E-state index contributed by atoms with van der Waals surface area (Å²) in [5, 5.41) is 7.57. The average molecular weight is 444 g/mol. The van der Waals surface area contributed by atoms with Crippen LogP contribution in [0.15, 0.2) is 36.8 Å². The van der Waals surface area contributed by atoms with E-state index in [0.717, 1.165) is 65.8 Å². The number of fused-ring (bicyclic) bond motifs is 2. The van der Waals surface area contributed by atoms with E-state index in [1.807, 2.05) is 12.4 Å². The van der Waals surface area contributed by atoms with Gasteiger partial charge in [0, 0.05) is 43.1 Å². The Morgan fingerprint density at radius 3 is 2.82 bits per heavy atom. The van der Waals surface area contributed by atoms with Gasteiger partial charge in [-0.3, -0.25) is 4.79 Å². The lowest BCUT2D eigenvalue weighted by molar-refractivity contribution is 0.0697. The van der Waals surface area contributed by atoms with Gasteiger partial charge in [-0.2, -0.15) is 5.10 Å². The van der Waals surface area contributed by atoms with Crippen molar-refractivity contribution in [2.45, 2.75) is 63.3 Å². The molecule has 1 saturated carbocycles. The zero-order chi connectivity index (χ0) is 22.2. The number of rotatable bonds is 4. The smallest absolute Gasteiger partial charge is 0.255 e. The van der Waals surface area contributed by atoms with E-state index in [4.69, 9.17) is 14.7 Å². The molecule has 2 aliphatic carbocycles. The van der Waals surface area contributed by atoms with Crippen LogP contribution in [0.1, 0.15) is 83.9 Å². The molecule has 0 atom stereocenters. The number of aromatic nitrogens is 4. The molecule has 3 aromatic rings. The SMILES string of the molecule is O=C(NC1CCOCC1)c1cnn2ccc(C3=CCCCc4nc(C5CCC5)ncc43)cc12. The third-order valence-corrected chi connectivity index (χ3v) is 7.25. The Morgan fingerprint density at radius 1 is 1.12 bits per heavy atom. The third-order valence-electron chi connectivity index (χ3n) is 7.25. The van der Waals surface area contributed by atoms with Gasteiger partial charge in [0.05, 0.1) is 23.0 Å². The van der Waals surface area contributed by atoms with Crippen LogP contribution in [0.4, 0.5) is 0 Å². The zero-order valence-electron chi connectivity index (χ0n) is 18.8. The van der Waals surface area contributed by atoms with Crippen LogP contribution in [-0.4, -0.2) is 44.7 Å². The van der Waals surface area contributed by atoms with Crippen LogP contribution in [0.2, 0.25) is 0 Å². The van der Waals surface area contributed by atoms with E-state index in [0.29, 0.717) is 24.7 Å². The lowest BCUT2D eigenvalue weighted by Gasteiger charge is -2.24. The molecule has 1 N–H and O–H groups in total. The molecule has 3 aromatic heterocycles. The summed E-state index contributed by atoms with van der Waals surface area (Å²) in [7, 11) is 0. The van der Waals surface area contributed by atoms with E-state index >= 15 is 0 Å². The molecule has 6 rings (SSSR count). The second-order valence-electron chi connectivity index (χ2n) is 9.39. The van der Waals surface area contributed by atoms with Gasteiger partial charge in [-0.1, -0.05) is 12.5 Å². The summed E-state index contributed by atoms with van der Waals surface area (Å²) < 4.78 is 7.18. The number of pyridine rings is 1. The number of carbonyl (C=O) groups excluding carboxylic acids is 1. The molecule has 0 unspecified atom stereocenters.